The number of aromatic nitrogens is 1. The second-order valence-electron chi connectivity index (χ2n) is 3.25. The zero-order valence-corrected chi connectivity index (χ0v) is 9.79. The van der Waals surface area contributed by atoms with Crippen molar-refractivity contribution in [1.82, 2.24) is 4.98 Å². The van der Waals surface area contributed by atoms with Crippen LogP contribution >= 0.6 is 22.6 Å². The van der Waals surface area contributed by atoms with Crippen LogP contribution in [0.3, 0.4) is 0 Å². The number of fused-ring (bicyclic) bond motifs is 1. The number of pyridine rings is 1. The van der Waals surface area contributed by atoms with Crippen LogP contribution in [0.2, 0.25) is 0 Å². The van der Waals surface area contributed by atoms with Gasteiger partial charge in [0.1, 0.15) is 3.70 Å². The molecular formula is C11H10IN. The molecule has 0 N–H and O–H groups in total. The first-order valence-corrected chi connectivity index (χ1v) is 5.28. The fraction of sp³-hybridized carbons (Fsp3) is 0.182. The molecule has 2 heteroatoms. The lowest BCUT2D eigenvalue weighted by Gasteiger charge is -2.03. The predicted octanol–water partition coefficient (Wildman–Crippen LogP) is 3.46. The maximum atomic E-state index is 4.42. The number of benzene rings is 1. The van der Waals surface area contributed by atoms with Gasteiger partial charge in [-0.3, -0.25) is 0 Å². The van der Waals surface area contributed by atoms with Crippen molar-refractivity contribution in [1.29, 1.82) is 0 Å². The fourth-order valence-corrected chi connectivity index (χ4v) is 2.21. The van der Waals surface area contributed by atoms with Crippen molar-refractivity contribution >= 4 is 33.4 Å². The lowest BCUT2D eigenvalue weighted by atomic mass is 10.1. The van der Waals surface area contributed by atoms with Gasteiger partial charge in [0.25, 0.3) is 0 Å². The molecule has 1 nitrogen and oxygen atoms in total. The fourth-order valence-electron chi connectivity index (χ4n) is 1.51. The molecule has 1 heterocycles. The summed E-state index contributed by atoms with van der Waals surface area (Å²) in [5.74, 6) is 0. The summed E-state index contributed by atoms with van der Waals surface area (Å²) in [7, 11) is 0. The van der Waals surface area contributed by atoms with E-state index in [9.17, 15) is 0 Å². The van der Waals surface area contributed by atoms with E-state index in [1.54, 1.807) is 0 Å². The quantitative estimate of drug-likeness (QED) is 0.533. The lowest BCUT2D eigenvalue weighted by Crippen LogP contribution is -1.88. The van der Waals surface area contributed by atoms with Gasteiger partial charge in [-0.1, -0.05) is 23.8 Å². The van der Waals surface area contributed by atoms with Gasteiger partial charge in [-0.25, -0.2) is 4.98 Å². The Morgan fingerprint density at radius 1 is 1.15 bits per heavy atom. The van der Waals surface area contributed by atoms with Gasteiger partial charge in [0, 0.05) is 11.1 Å². The molecule has 0 unspecified atom stereocenters. The van der Waals surface area contributed by atoms with Crippen molar-refractivity contribution < 1.29 is 0 Å². The van der Waals surface area contributed by atoms with E-state index in [4.69, 9.17) is 0 Å². The van der Waals surface area contributed by atoms with E-state index >= 15 is 0 Å². The summed E-state index contributed by atoms with van der Waals surface area (Å²) in [5, 5.41) is 2.54. The number of rotatable bonds is 0. The van der Waals surface area contributed by atoms with E-state index < -0.39 is 0 Å². The van der Waals surface area contributed by atoms with Crippen LogP contribution in [0.5, 0.6) is 0 Å². The molecule has 0 amide bonds. The number of hydrogen-bond donors (Lipinski definition) is 0. The van der Waals surface area contributed by atoms with Crippen molar-refractivity contribution in [2.45, 2.75) is 13.8 Å². The van der Waals surface area contributed by atoms with E-state index in [0.29, 0.717) is 0 Å². The minimum Gasteiger partial charge on any atom is -0.247 e. The van der Waals surface area contributed by atoms with E-state index in [2.05, 4.69) is 65.7 Å². The molecule has 1 aromatic carbocycles. The number of nitrogens with zero attached hydrogens (tertiary/aromatic N) is 1. The van der Waals surface area contributed by atoms with Crippen LogP contribution in [-0.4, -0.2) is 4.98 Å². The standard InChI is InChI=1S/C11H10IN/c1-7-3-4-10-8(2)13-11(12)6-9(10)5-7/h3-6H,1-2H3. The van der Waals surface area contributed by atoms with E-state index in [-0.39, 0.29) is 0 Å². The second kappa shape index (κ2) is 3.25. The molecule has 2 rings (SSSR count). The smallest absolute Gasteiger partial charge is 0.102 e. The number of halogens is 1. The summed E-state index contributed by atoms with van der Waals surface area (Å²) in [6, 6.07) is 8.59. The highest BCUT2D eigenvalue weighted by Crippen LogP contribution is 2.20. The minimum absolute atomic E-state index is 1.06. The lowest BCUT2D eigenvalue weighted by molar-refractivity contribution is 1.19. The van der Waals surface area contributed by atoms with Crippen LogP contribution in [0.15, 0.2) is 24.3 Å². The summed E-state index contributed by atoms with van der Waals surface area (Å²) >= 11 is 2.25. The SMILES string of the molecule is Cc1ccc2c(C)nc(I)cc2c1. The third-order valence-electron chi connectivity index (χ3n) is 2.15. The minimum atomic E-state index is 1.06. The molecule has 0 radical (unpaired) electrons. The maximum absolute atomic E-state index is 4.42. The van der Waals surface area contributed by atoms with Gasteiger partial charge in [0.15, 0.2) is 0 Å². The van der Waals surface area contributed by atoms with Gasteiger partial charge in [-0.2, -0.15) is 0 Å². The summed E-state index contributed by atoms with van der Waals surface area (Å²) in [5.41, 5.74) is 2.41. The first kappa shape index (κ1) is 8.94. The van der Waals surface area contributed by atoms with Crippen LogP contribution in [0.1, 0.15) is 11.3 Å². The van der Waals surface area contributed by atoms with Crippen LogP contribution in [0, 0.1) is 17.5 Å². The zero-order chi connectivity index (χ0) is 9.42. The van der Waals surface area contributed by atoms with Gasteiger partial charge < -0.3 is 0 Å². The molecule has 0 atom stereocenters. The van der Waals surface area contributed by atoms with Crippen LogP contribution in [0.25, 0.3) is 10.8 Å². The molecule has 0 saturated heterocycles. The molecule has 2 aromatic rings. The average Bonchev–Trinajstić information content (AvgIpc) is 2.02. The third kappa shape index (κ3) is 1.68. The van der Waals surface area contributed by atoms with E-state index in [1.165, 1.54) is 16.3 Å². The van der Waals surface area contributed by atoms with Gasteiger partial charge in [-0.15, -0.1) is 0 Å². The summed E-state index contributed by atoms with van der Waals surface area (Å²) in [4.78, 5) is 4.42. The Bertz CT molecular complexity index is 458. The average molecular weight is 283 g/mol. The molecule has 0 aliphatic heterocycles. The van der Waals surface area contributed by atoms with E-state index in [1.807, 2.05) is 0 Å². The highest BCUT2D eigenvalue weighted by Gasteiger charge is 2.00. The van der Waals surface area contributed by atoms with Gasteiger partial charge in [-0.05, 0) is 47.9 Å². The van der Waals surface area contributed by atoms with Crippen molar-refractivity contribution in [3.63, 3.8) is 0 Å². The third-order valence-corrected chi connectivity index (χ3v) is 2.70. The zero-order valence-electron chi connectivity index (χ0n) is 7.63. The first-order valence-electron chi connectivity index (χ1n) is 4.20. The molecule has 66 valence electrons. The summed E-state index contributed by atoms with van der Waals surface area (Å²) in [6.45, 7) is 4.17. The Morgan fingerprint density at radius 2 is 1.92 bits per heavy atom. The summed E-state index contributed by atoms with van der Waals surface area (Å²) < 4.78 is 1.06. The van der Waals surface area contributed by atoms with Gasteiger partial charge in [0.05, 0.1) is 0 Å². The van der Waals surface area contributed by atoms with Gasteiger partial charge in [0.2, 0.25) is 0 Å². The predicted molar refractivity (Wildman–Crippen MR) is 63.9 cm³/mol. The van der Waals surface area contributed by atoms with Crippen LogP contribution in [-0.2, 0) is 0 Å². The van der Waals surface area contributed by atoms with Crippen molar-refractivity contribution in [2.24, 2.45) is 0 Å². The highest BCUT2D eigenvalue weighted by molar-refractivity contribution is 14.1. The summed E-state index contributed by atoms with van der Waals surface area (Å²) in [6.07, 6.45) is 0. The largest absolute Gasteiger partial charge is 0.247 e. The highest BCUT2D eigenvalue weighted by atomic mass is 127. The molecule has 13 heavy (non-hydrogen) atoms. The Labute approximate surface area is 91.3 Å². The monoisotopic (exact) mass is 283 g/mol. The molecule has 0 bridgehead atoms. The first-order chi connectivity index (χ1) is 6.16. The molecular weight excluding hydrogens is 273 g/mol. The van der Waals surface area contributed by atoms with Crippen molar-refractivity contribution in [3.8, 4) is 0 Å². The Balaban J connectivity index is 2.86. The molecule has 0 fully saturated rings. The van der Waals surface area contributed by atoms with Gasteiger partial charge >= 0.3 is 0 Å². The van der Waals surface area contributed by atoms with Crippen molar-refractivity contribution in [2.75, 3.05) is 0 Å². The van der Waals surface area contributed by atoms with Crippen LogP contribution in [0.4, 0.5) is 0 Å². The Morgan fingerprint density at radius 3 is 2.69 bits per heavy atom. The Hall–Kier alpha value is -0.640. The molecule has 0 aliphatic carbocycles. The number of hydrogen-bond acceptors (Lipinski definition) is 1. The Kier molecular flexibility index (Phi) is 2.24. The maximum Gasteiger partial charge on any atom is 0.102 e. The molecule has 0 saturated carbocycles. The second-order valence-corrected chi connectivity index (χ2v) is 4.36. The van der Waals surface area contributed by atoms with Crippen LogP contribution < -0.4 is 0 Å². The topological polar surface area (TPSA) is 12.9 Å². The number of aryl methyl sites for hydroxylation is 2. The molecule has 0 aliphatic rings. The molecule has 0 spiro atoms. The van der Waals surface area contributed by atoms with Crippen molar-refractivity contribution in [3.05, 3.63) is 39.2 Å². The normalized spacial score (nSPS) is 10.7. The van der Waals surface area contributed by atoms with E-state index in [0.717, 1.165) is 9.39 Å². The molecule has 1 aromatic heterocycles.